The van der Waals surface area contributed by atoms with Crippen molar-refractivity contribution in [2.45, 2.75) is 19.8 Å². The molecular formula is C11H10ClF2N3. The molecule has 0 unspecified atom stereocenters. The molecule has 0 amide bonds. The van der Waals surface area contributed by atoms with Gasteiger partial charge in [-0.25, -0.2) is 18.4 Å². The number of halogens is 3. The highest BCUT2D eigenvalue weighted by Gasteiger charge is 2.16. The van der Waals surface area contributed by atoms with Crippen molar-refractivity contribution >= 4 is 11.6 Å². The molecule has 0 fully saturated rings. The van der Waals surface area contributed by atoms with Gasteiger partial charge >= 0.3 is 0 Å². The standard InChI is InChI=1S/C11H10ClF2N3/c1-2-7-6-8(11(13)14)16-17(7)10-5-3-4-9(12)15-10/h3-6,11H,2H2,1H3. The van der Waals surface area contributed by atoms with E-state index in [1.807, 2.05) is 6.92 Å². The Morgan fingerprint density at radius 1 is 1.41 bits per heavy atom. The van der Waals surface area contributed by atoms with Crippen molar-refractivity contribution in [3.8, 4) is 5.82 Å². The number of hydrogen-bond acceptors (Lipinski definition) is 2. The van der Waals surface area contributed by atoms with Crippen LogP contribution in [-0.2, 0) is 6.42 Å². The Morgan fingerprint density at radius 2 is 2.18 bits per heavy atom. The van der Waals surface area contributed by atoms with Gasteiger partial charge in [-0.15, -0.1) is 0 Å². The van der Waals surface area contributed by atoms with Crippen molar-refractivity contribution in [2.75, 3.05) is 0 Å². The van der Waals surface area contributed by atoms with Crippen LogP contribution in [0.1, 0.15) is 24.7 Å². The predicted molar refractivity (Wildman–Crippen MR) is 60.7 cm³/mol. The third kappa shape index (κ3) is 2.44. The largest absolute Gasteiger partial charge is 0.282 e. The summed E-state index contributed by atoms with van der Waals surface area (Å²) in [6.45, 7) is 1.87. The van der Waals surface area contributed by atoms with Gasteiger partial charge in [-0.3, -0.25) is 0 Å². The Labute approximate surface area is 102 Å². The molecule has 3 nitrogen and oxygen atoms in total. The zero-order valence-electron chi connectivity index (χ0n) is 9.07. The first-order valence-electron chi connectivity index (χ1n) is 5.11. The number of nitrogens with zero attached hydrogens (tertiary/aromatic N) is 3. The molecule has 2 aromatic heterocycles. The molecule has 0 N–H and O–H groups in total. The van der Waals surface area contributed by atoms with E-state index in [0.29, 0.717) is 23.1 Å². The number of alkyl halides is 2. The van der Waals surface area contributed by atoms with Crippen LogP contribution in [-0.4, -0.2) is 14.8 Å². The minimum Gasteiger partial charge on any atom is -0.219 e. The molecule has 0 atom stereocenters. The second-order valence-corrected chi connectivity index (χ2v) is 3.83. The fourth-order valence-electron chi connectivity index (χ4n) is 1.51. The number of aromatic nitrogens is 3. The van der Waals surface area contributed by atoms with Crippen LogP contribution in [0, 0.1) is 0 Å². The minimum absolute atomic E-state index is 0.247. The van der Waals surface area contributed by atoms with Gasteiger partial charge < -0.3 is 0 Å². The maximum absolute atomic E-state index is 12.6. The summed E-state index contributed by atoms with van der Waals surface area (Å²) >= 11 is 5.76. The van der Waals surface area contributed by atoms with Crippen LogP contribution in [0.5, 0.6) is 0 Å². The molecule has 0 bridgehead atoms. The smallest absolute Gasteiger partial charge is 0.219 e. The fourth-order valence-corrected chi connectivity index (χ4v) is 1.67. The van der Waals surface area contributed by atoms with Gasteiger partial charge in [-0.1, -0.05) is 24.6 Å². The normalized spacial score (nSPS) is 11.1. The summed E-state index contributed by atoms with van der Waals surface area (Å²) < 4.78 is 26.5. The quantitative estimate of drug-likeness (QED) is 0.789. The van der Waals surface area contributed by atoms with Crippen molar-refractivity contribution in [2.24, 2.45) is 0 Å². The highest BCUT2D eigenvalue weighted by Crippen LogP contribution is 2.21. The van der Waals surface area contributed by atoms with Gasteiger partial charge in [0.1, 0.15) is 10.8 Å². The number of pyridine rings is 1. The first kappa shape index (κ1) is 12.0. The summed E-state index contributed by atoms with van der Waals surface area (Å²) in [5.74, 6) is 0.446. The Bertz CT molecular complexity index is 525. The molecule has 0 aliphatic carbocycles. The summed E-state index contributed by atoms with van der Waals surface area (Å²) in [6.07, 6.45) is -1.99. The molecule has 17 heavy (non-hydrogen) atoms. The molecule has 0 saturated carbocycles. The molecule has 6 heteroatoms. The molecule has 0 aliphatic heterocycles. The average Bonchev–Trinajstić information content (AvgIpc) is 2.73. The van der Waals surface area contributed by atoms with Crippen molar-refractivity contribution < 1.29 is 8.78 Å². The van der Waals surface area contributed by atoms with E-state index in [0.717, 1.165) is 0 Å². The molecule has 2 heterocycles. The third-order valence-corrected chi connectivity index (χ3v) is 2.52. The molecule has 2 rings (SSSR count). The zero-order chi connectivity index (χ0) is 12.4. The van der Waals surface area contributed by atoms with Crippen LogP contribution >= 0.6 is 11.6 Å². The van der Waals surface area contributed by atoms with E-state index < -0.39 is 6.43 Å². The van der Waals surface area contributed by atoms with Crippen LogP contribution in [0.3, 0.4) is 0 Å². The summed E-state index contributed by atoms with van der Waals surface area (Å²) in [5, 5.41) is 4.14. The second kappa shape index (κ2) is 4.79. The van der Waals surface area contributed by atoms with Crippen LogP contribution in [0.2, 0.25) is 5.15 Å². The minimum atomic E-state index is -2.58. The molecule has 0 radical (unpaired) electrons. The summed E-state index contributed by atoms with van der Waals surface area (Å²) in [6, 6.07) is 6.38. The van der Waals surface area contributed by atoms with Crippen molar-refractivity contribution in [3.63, 3.8) is 0 Å². The zero-order valence-corrected chi connectivity index (χ0v) is 9.83. The van der Waals surface area contributed by atoms with E-state index >= 15 is 0 Å². The second-order valence-electron chi connectivity index (χ2n) is 3.45. The van der Waals surface area contributed by atoms with Crippen LogP contribution in [0.25, 0.3) is 5.82 Å². The van der Waals surface area contributed by atoms with Gasteiger partial charge in [0, 0.05) is 5.69 Å². The third-order valence-electron chi connectivity index (χ3n) is 2.31. The molecule has 90 valence electrons. The fraction of sp³-hybridized carbons (Fsp3) is 0.273. The molecular weight excluding hydrogens is 248 g/mol. The van der Waals surface area contributed by atoms with E-state index in [4.69, 9.17) is 11.6 Å². The highest BCUT2D eigenvalue weighted by molar-refractivity contribution is 6.29. The van der Waals surface area contributed by atoms with E-state index in [1.165, 1.54) is 10.7 Å². The lowest BCUT2D eigenvalue weighted by molar-refractivity contribution is 0.145. The Morgan fingerprint density at radius 3 is 2.76 bits per heavy atom. The molecule has 0 saturated heterocycles. The number of aryl methyl sites for hydroxylation is 1. The average molecular weight is 258 g/mol. The van der Waals surface area contributed by atoms with Gasteiger partial charge in [0.25, 0.3) is 6.43 Å². The number of rotatable bonds is 3. The molecule has 2 aromatic rings. The first-order valence-corrected chi connectivity index (χ1v) is 5.49. The maximum atomic E-state index is 12.6. The first-order chi connectivity index (χ1) is 8.11. The molecule has 0 spiro atoms. The highest BCUT2D eigenvalue weighted by atomic mass is 35.5. The monoisotopic (exact) mass is 257 g/mol. The van der Waals surface area contributed by atoms with E-state index in [1.54, 1.807) is 18.2 Å². The lowest BCUT2D eigenvalue weighted by Crippen LogP contribution is -2.04. The molecule has 0 aliphatic rings. The lowest BCUT2D eigenvalue weighted by Gasteiger charge is -2.04. The molecule has 0 aromatic carbocycles. The van der Waals surface area contributed by atoms with Crippen LogP contribution in [0.15, 0.2) is 24.3 Å². The van der Waals surface area contributed by atoms with Gasteiger partial charge in [-0.05, 0) is 24.6 Å². The summed E-state index contributed by atoms with van der Waals surface area (Å²) in [4.78, 5) is 4.05. The summed E-state index contributed by atoms with van der Waals surface area (Å²) in [5.41, 5.74) is 0.429. The summed E-state index contributed by atoms with van der Waals surface area (Å²) in [7, 11) is 0. The van der Waals surface area contributed by atoms with E-state index in [2.05, 4.69) is 10.1 Å². The van der Waals surface area contributed by atoms with Crippen molar-refractivity contribution in [1.29, 1.82) is 0 Å². The van der Waals surface area contributed by atoms with Gasteiger partial charge in [0.15, 0.2) is 5.82 Å². The number of hydrogen-bond donors (Lipinski definition) is 0. The van der Waals surface area contributed by atoms with E-state index in [9.17, 15) is 8.78 Å². The Hall–Kier alpha value is -1.49. The van der Waals surface area contributed by atoms with Gasteiger partial charge in [0.2, 0.25) is 0 Å². The van der Waals surface area contributed by atoms with Crippen LogP contribution < -0.4 is 0 Å². The van der Waals surface area contributed by atoms with Crippen molar-refractivity contribution in [3.05, 3.63) is 40.8 Å². The topological polar surface area (TPSA) is 30.7 Å². The Balaban J connectivity index is 2.50. The Kier molecular flexibility index (Phi) is 3.38. The predicted octanol–water partition coefficient (Wildman–Crippen LogP) is 3.42. The van der Waals surface area contributed by atoms with Gasteiger partial charge in [0.05, 0.1) is 0 Å². The van der Waals surface area contributed by atoms with Crippen molar-refractivity contribution in [1.82, 2.24) is 14.8 Å². The van der Waals surface area contributed by atoms with Crippen LogP contribution in [0.4, 0.5) is 8.78 Å². The SMILES string of the molecule is CCc1cc(C(F)F)nn1-c1cccc(Cl)n1. The lowest BCUT2D eigenvalue weighted by atomic mass is 10.3. The maximum Gasteiger partial charge on any atom is 0.282 e. The van der Waals surface area contributed by atoms with E-state index in [-0.39, 0.29) is 5.69 Å². The van der Waals surface area contributed by atoms with Gasteiger partial charge in [-0.2, -0.15) is 5.10 Å².